The second kappa shape index (κ2) is 5.06. The van der Waals surface area contributed by atoms with Gasteiger partial charge in [0.1, 0.15) is 12.2 Å². The minimum atomic E-state index is -0.888. The number of hydrogen-bond acceptors (Lipinski definition) is 4. The van der Waals surface area contributed by atoms with Crippen molar-refractivity contribution >= 4 is 5.97 Å². The molecule has 0 amide bonds. The molecule has 0 bridgehead atoms. The van der Waals surface area contributed by atoms with Gasteiger partial charge < -0.3 is 10.8 Å². The number of aryl methyl sites for hydroxylation is 1. The third kappa shape index (κ3) is 2.53. The highest BCUT2D eigenvalue weighted by atomic mass is 16.4. The van der Waals surface area contributed by atoms with Crippen LogP contribution in [0.5, 0.6) is 0 Å². The van der Waals surface area contributed by atoms with Gasteiger partial charge in [-0.25, -0.2) is 4.98 Å². The highest BCUT2D eigenvalue weighted by molar-refractivity contribution is 5.75. The maximum absolute atomic E-state index is 11.6. The van der Waals surface area contributed by atoms with Crippen molar-refractivity contribution in [3.63, 3.8) is 0 Å². The van der Waals surface area contributed by atoms with E-state index in [1.807, 2.05) is 6.92 Å². The lowest BCUT2D eigenvalue weighted by atomic mass is 9.79. The molecular weight excluding hydrogens is 232 g/mol. The first kappa shape index (κ1) is 13.0. The molecule has 1 aromatic heterocycles. The zero-order valence-electron chi connectivity index (χ0n) is 10.7. The molecule has 18 heavy (non-hydrogen) atoms. The van der Waals surface area contributed by atoms with Crippen LogP contribution in [0.1, 0.15) is 32.0 Å². The van der Waals surface area contributed by atoms with E-state index in [-0.39, 0.29) is 6.54 Å². The standard InChI is InChI=1S/C12H20N4O2/c1-2-16-10(14-8-15-16)6-12(7-13,11(17)18)5-9-3-4-9/h8-9H,2-7,13H2,1H3,(H,17,18). The number of nitrogens with two attached hydrogens (primary N) is 1. The van der Waals surface area contributed by atoms with Gasteiger partial charge >= 0.3 is 5.97 Å². The molecular formula is C12H20N4O2. The Hall–Kier alpha value is -1.43. The summed E-state index contributed by atoms with van der Waals surface area (Å²) < 4.78 is 1.74. The van der Waals surface area contributed by atoms with Gasteiger partial charge in [0.15, 0.2) is 0 Å². The summed E-state index contributed by atoms with van der Waals surface area (Å²) in [5, 5.41) is 13.6. The van der Waals surface area contributed by atoms with E-state index in [9.17, 15) is 9.90 Å². The Bertz CT molecular complexity index is 427. The molecule has 100 valence electrons. The van der Waals surface area contributed by atoms with Gasteiger partial charge in [-0.15, -0.1) is 0 Å². The van der Waals surface area contributed by atoms with Crippen LogP contribution in [0, 0.1) is 11.3 Å². The fraction of sp³-hybridized carbons (Fsp3) is 0.750. The molecule has 1 saturated carbocycles. The smallest absolute Gasteiger partial charge is 0.311 e. The lowest BCUT2D eigenvalue weighted by Crippen LogP contribution is -2.42. The molecule has 0 aliphatic heterocycles. The van der Waals surface area contributed by atoms with E-state index in [1.54, 1.807) is 4.68 Å². The van der Waals surface area contributed by atoms with Crippen LogP contribution in [0.25, 0.3) is 0 Å². The third-order valence-electron chi connectivity index (χ3n) is 3.71. The molecule has 6 heteroatoms. The average Bonchev–Trinajstić information content (AvgIpc) is 3.05. The summed E-state index contributed by atoms with van der Waals surface area (Å²) in [7, 11) is 0. The van der Waals surface area contributed by atoms with Gasteiger partial charge in [0.2, 0.25) is 0 Å². The van der Waals surface area contributed by atoms with Crippen molar-refractivity contribution < 1.29 is 9.90 Å². The van der Waals surface area contributed by atoms with Gasteiger partial charge in [-0.3, -0.25) is 9.48 Å². The second-order valence-electron chi connectivity index (χ2n) is 5.11. The zero-order valence-corrected chi connectivity index (χ0v) is 10.7. The fourth-order valence-corrected chi connectivity index (χ4v) is 2.34. The van der Waals surface area contributed by atoms with Crippen LogP contribution in [0.2, 0.25) is 0 Å². The van der Waals surface area contributed by atoms with Gasteiger partial charge in [-0.05, 0) is 19.3 Å². The second-order valence-corrected chi connectivity index (χ2v) is 5.11. The summed E-state index contributed by atoms with van der Waals surface area (Å²) >= 11 is 0. The first-order chi connectivity index (χ1) is 8.61. The van der Waals surface area contributed by atoms with Crippen LogP contribution in [-0.2, 0) is 17.8 Å². The molecule has 0 spiro atoms. The molecule has 1 heterocycles. The van der Waals surface area contributed by atoms with Crippen LogP contribution < -0.4 is 5.73 Å². The molecule has 1 fully saturated rings. The van der Waals surface area contributed by atoms with Crippen molar-refractivity contribution in [2.24, 2.45) is 17.1 Å². The van der Waals surface area contributed by atoms with Gasteiger partial charge in [0, 0.05) is 19.5 Å². The number of carboxylic acid groups (broad SMARTS) is 1. The van der Waals surface area contributed by atoms with Gasteiger partial charge in [-0.1, -0.05) is 12.8 Å². The van der Waals surface area contributed by atoms with E-state index in [4.69, 9.17) is 5.73 Å². The molecule has 6 nitrogen and oxygen atoms in total. The zero-order chi connectivity index (χ0) is 13.2. The van der Waals surface area contributed by atoms with Crippen LogP contribution in [0.15, 0.2) is 6.33 Å². The number of aromatic nitrogens is 3. The van der Waals surface area contributed by atoms with E-state index >= 15 is 0 Å². The lowest BCUT2D eigenvalue weighted by molar-refractivity contribution is -0.149. The number of rotatable bonds is 7. The summed E-state index contributed by atoms with van der Waals surface area (Å²) in [4.78, 5) is 15.8. The fourth-order valence-electron chi connectivity index (χ4n) is 2.34. The van der Waals surface area contributed by atoms with Gasteiger partial charge in [0.25, 0.3) is 0 Å². The van der Waals surface area contributed by atoms with E-state index in [0.29, 0.717) is 31.1 Å². The molecule has 1 aliphatic rings. The predicted octanol–water partition coefficient (Wildman–Crippen LogP) is 0.670. The Morgan fingerprint density at radius 2 is 2.39 bits per heavy atom. The summed E-state index contributed by atoms with van der Waals surface area (Å²) in [6.07, 6.45) is 4.72. The number of carboxylic acids is 1. The molecule has 0 saturated heterocycles. The molecule has 2 rings (SSSR count). The summed E-state index contributed by atoms with van der Waals surface area (Å²) in [6, 6.07) is 0. The topological polar surface area (TPSA) is 94.0 Å². The maximum atomic E-state index is 11.6. The Morgan fingerprint density at radius 3 is 2.89 bits per heavy atom. The van der Waals surface area contributed by atoms with Crippen LogP contribution in [-0.4, -0.2) is 32.4 Å². The maximum Gasteiger partial charge on any atom is 0.311 e. The molecule has 1 atom stereocenters. The first-order valence-electron chi connectivity index (χ1n) is 6.41. The van der Waals surface area contributed by atoms with E-state index in [0.717, 1.165) is 12.8 Å². The minimum Gasteiger partial charge on any atom is -0.481 e. The van der Waals surface area contributed by atoms with Crippen molar-refractivity contribution in [2.75, 3.05) is 6.54 Å². The monoisotopic (exact) mass is 252 g/mol. The predicted molar refractivity (Wildman–Crippen MR) is 65.9 cm³/mol. The molecule has 0 radical (unpaired) electrons. The van der Waals surface area contributed by atoms with Crippen LogP contribution in [0.3, 0.4) is 0 Å². The largest absolute Gasteiger partial charge is 0.481 e. The highest BCUT2D eigenvalue weighted by Crippen LogP contribution is 2.41. The van der Waals surface area contributed by atoms with E-state index in [2.05, 4.69) is 10.1 Å². The average molecular weight is 252 g/mol. The van der Waals surface area contributed by atoms with Crippen molar-refractivity contribution in [1.82, 2.24) is 14.8 Å². The summed E-state index contributed by atoms with van der Waals surface area (Å²) in [5.74, 6) is 0.413. The minimum absolute atomic E-state index is 0.148. The molecule has 1 aliphatic carbocycles. The van der Waals surface area contributed by atoms with Gasteiger partial charge in [-0.2, -0.15) is 5.10 Å². The molecule has 1 aromatic rings. The quantitative estimate of drug-likeness (QED) is 0.743. The Balaban J connectivity index is 2.20. The summed E-state index contributed by atoms with van der Waals surface area (Å²) in [6.45, 7) is 2.80. The van der Waals surface area contributed by atoms with Crippen LogP contribution in [0.4, 0.5) is 0 Å². The number of aliphatic carboxylic acids is 1. The van der Waals surface area contributed by atoms with Crippen molar-refractivity contribution in [3.8, 4) is 0 Å². The number of nitrogens with zero attached hydrogens (tertiary/aromatic N) is 3. The number of hydrogen-bond donors (Lipinski definition) is 2. The third-order valence-corrected chi connectivity index (χ3v) is 3.71. The lowest BCUT2D eigenvalue weighted by Gasteiger charge is -2.27. The van der Waals surface area contributed by atoms with Crippen molar-refractivity contribution in [2.45, 2.75) is 39.2 Å². The molecule has 0 aromatic carbocycles. The molecule has 1 unspecified atom stereocenters. The Morgan fingerprint density at radius 1 is 1.67 bits per heavy atom. The first-order valence-corrected chi connectivity index (χ1v) is 6.41. The van der Waals surface area contributed by atoms with Crippen molar-refractivity contribution in [3.05, 3.63) is 12.2 Å². The Labute approximate surface area is 106 Å². The normalized spacial score (nSPS) is 18.6. The SMILES string of the molecule is CCn1ncnc1CC(CN)(CC1CC1)C(=O)O. The van der Waals surface area contributed by atoms with E-state index in [1.165, 1.54) is 6.33 Å². The summed E-state index contributed by atoms with van der Waals surface area (Å²) in [5.41, 5.74) is 4.87. The number of carbonyl (C=O) groups is 1. The van der Waals surface area contributed by atoms with Gasteiger partial charge in [0.05, 0.1) is 5.41 Å². The van der Waals surface area contributed by atoms with Crippen molar-refractivity contribution in [1.29, 1.82) is 0 Å². The highest BCUT2D eigenvalue weighted by Gasteiger charge is 2.43. The van der Waals surface area contributed by atoms with Crippen LogP contribution >= 0.6 is 0 Å². The van der Waals surface area contributed by atoms with E-state index < -0.39 is 11.4 Å². The molecule has 3 N–H and O–H groups in total. The Kier molecular flexibility index (Phi) is 3.65.